The third-order valence-electron chi connectivity index (χ3n) is 7.61. The first-order valence-electron chi connectivity index (χ1n) is 14.3. The molecule has 2 heterocycles. The standard InChI is InChI=1S/C33H35N3O10/c1-40-20-34-45-21-43-30-29(38)27(46-31(30)36-18-17-28(37)35-32(36)39)19-44-33(22-7-5-4-6-8-22,23-9-13-25(41-2)14-10-23)24-11-15-26(42-3)16-12-24/h4-18,20,27,29-31,38H,19,21H2,1-3H3,(H,35,37,39)/t27-,29-,30-,31-/m1/s1. The van der Waals surface area contributed by atoms with Gasteiger partial charge in [-0.1, -0.05) is 59.8 Å². The summed E-state index contributed by atoms with van der Waals surface area (Å²) in [5.74, 6) is 1.34. The number of nitrogens with zero attached hydrogens (tertiary/aromatic N) is 2. The molecule has 0 radical (unpaired) electrons. The second-order valence-electron chi connectivity index (χ2n) is 10.2. The van der Waals surface area contributed by atoms with Crippen LogP contribution in [0.2, 0.25) is 0 Å². The number of aromatic amines is 1. The first-order valence-corrected chi connectivity index (χ1v) is 14.3. The fraction of sp³-hybridized carbons (Fsp3) is 0.303. The van der Waals surface area contributed by atoms with Crippen LogP contribution in [0.4, 0.5) is 0 Å². The van der Waals surface area contributed by atoms with Crippen LogP contribution in [0.5, 0.6) is 11.5 Å². The van der Waals surface area contributed by atoms with Crippen LogP contribution in [-0.4, -0.2) is 74.1 Å². The van der Waals surface area contributed by atoms with Crippen molar-refractivity contribution in [3.63, 3.8) is 0 Å². The van der Waals surface area contributed by atoms with E-state index < -0.39 is 48.2 Å². The lowest BCUT2D eigenvalue weighted by atomic mass is 9.80. The number of aromatic nitrogens is 2. The van der Waals surface area contributed by atoms with E-state index in [1.807, 2.05) is 78.9 Å². The molecule has 1 aliphatic rings. The Morgan fingerprint density at radius 1 is 0.891 bits per heavy atom. The Morgan fingerprint density at radius 2 is 1.50 bits per heavy atom. The molecule has 4 aromatic rings. The maximum Gasteiger partial charge on any atom is 0.330 e. The topological polar surface area (TPSA) is 152 Å². The largest absolute Gasteiger partial charge is 0.497 e. The maximum absolute atomic E-state index is 12.7. The number of methoxy groups -OCH3 is 3. The Balaban J connectivity index is 1.53. The Bertz CT molecular complexity index is 1640. The van der Waals surface area contributed by atoms with Crippen molar-refractivity contribution in [2.45, 2.75) is 30.1 Å². The van der Waals surface area contributed by atoms with Crippen LogP contribution in [0.15, 0.2) is 106 Å². The van der Waals surface area contributed by atoms with Crippen LogP contribution >= 0.6 is 0 Å². The number of nitrogens with one attached hydrogen (secondary N) is 1. The van der Waals surface area contributed by atoms with Gasteiger partial charge in [0.1, 0.15) is 35.4 Å². The molecular weight excluding hydrogens is 598 g/mol. The second kappa shape index (κ2) is 14.9. The summed E-state index contributed by atoms with van der Waals surface area (Å²) in [5, 5.41) is 15.1. The summed E-state index contributed by atoms with van der Waals surface area (Å²) < 4.78 is 35.6. The van der Waals surface area contributed by atoms with Crippen LogP contribution in [-0.2, 0) is 29.4 Å². The molecule has 0 saturated carbocycles. The number of ether oxygens (including phenoxy) is 6. The summed E-state index contributed by atoms with van der Waals surface area (Å²) >= 11 is 0. The molecule has 5 rings (SSSR count). The molecule has 2 N–H and O–H groups in total. The minimum absolute atomic E-state index is 0.148. The van der Waals surface area contributed by atoms with Crippen LogP contribution in [0.1, 0.15) is 22.9 Å². The molecule has 3 aromatic carbocycles. The van der Waals surface area contributed by atoms with Gasteiger partial charge in [0.05, 0.1) is 27.9 Å². The van der Waals surface area contributed by atoms with Gasteiger partial charge in [-0.15, -0.1) is 0 Å². The van der Waals surface area contributed by atoms with Gasteiger partial charge < -0.3 is 38.4 Å². The summed E-state index contributed by atoms with van der Waals surface area (Å²) in [6.45, 7) is -0.538. The van der Waals surface area contributed by atoms with Gasteiger partial charge in [-0.05, 0) is 41.0 Å². The Morgan fingerprint density at radius 3 is 2.07 bits per heavy atom. The van der Waals surface area contributed by atoms with Crippen molar-refractivity contribution in [2.75, 3.05) is 34.7 Å². The van der Waals surface area contributed by atoms with Crippen LogP contribution in [0.25, 0.3) is 0 Å². The summed E-state index contributed by atoms with van der Waals surface area (Å²) in [7, 11) is 4.59. The zero-order valence-electron chi connectivity index (χ0n) is 25.5. The highest BCUT2D eigenvalue weighted by Crippen LogP contribution is 2.43. The van der Waals surface area contributed by atoms with E-state index in [1.165, 1.54) is 19.4 Å². The monoisotopic (exact) mass is 633 g/mol. The van der Waals surface area contributed by atoms with Gasteiger partial charge >= 0.3 is 5.69 Å². The molecule has 0 unspecified atom stereocenters. The maximum atomic E-state index is 12.7. The molecule has 46 heavy (non-hydrogen) atoms. The highest BCUT2D eigenvalue weighted by Gasteiger charge is 2.48. The molecule has 1 aromatic heterocycles. The predicted octanol–water partition coefficient (Wildman–Crippen LogP) is 2.77. The number of hydrogen-bond acceptors (Lipinski definition) is 11. The van der Waals surface area contributed by atoms with E-state index in [9.17, 15) is 14.7 Å². The lowest BCUT2D eigenvalue weighted by molar-refractivity contribution is -0.140. The average molecular weight is 634 g/mol. The van der Waals surface area contributed by atoms with Crippen molar-refractivity contribution in [3.8, 4) is 11.5 Å². The number of rotatable bonds is 14. The molecule has 1 aliphatic heterocycles. The summed E-state index contributed by atoms with van der Waals surface area (Å²) in [4.78, 5) is 31.7. The molecule has 0 aliphatic carbocycles. The summed E-state index contributed by atoms with van der Waals surface area (Å²) in [6, 6.07) is 25.8. The van der Waals surface area contributed by atoms with Crippen molar-refractivity contribution in [2.24, 2.45) is 5.16 Å². The zero-order chi connectivity index (χ0) is 32.5. The number of H-pyrrole nitrogens is 1. The van der Waals surface area contributed by atoms with E-state index in [2.05, 4.69) is 10.1 Å². The van der Waals surface area contributed by atoms with Crippen molar-refractivity contribution in [3.05, 3.63) is 129 Å². The highest BCUT2D eigenvalue weighted by atomic mass is 16.8. The third-order valence-corrected chi connectivity index (χ3v) is 7.61. The number of oxime groups is 1. The number of aliphatic hydroxyl groups excluding tert-OH is 1. The van der Waals surface area contributed by atoms with Crippen molar-refractivity contribution >= 4 is 6.40 Å². The van der Waals surface area contributed by atoms with Gasteiger partial charge in [0.25, 0.3) is 5.56 Å². The van der Waals surface area contributed by atoms with E-state index in [-0.39, 0.29) is 6.61 Å². The second-order valence-corrected chi connectivity index (χ2v) is 10.2. The van der Waals surface area contributed by atoms with E-state index in [0.717, 1.165) is 27.7 Å². The van der Waals surface area contributed by atoms with Crippen LogP contribution in [0, 0.1) is 0 Å². The lowest BCUT2D eigenvalue weighted by Crippen LogP contribution is -2.41. The van der Waals surface area contributed by atoms with Crippen molar-refractivity contribution < 1.29 is 38.4 Å². The van der Waals surface area contributed by atoms with Crippen molar-refractivity contribution in [1.82, 2.24) is 9.55 Å². The lowest BCUT2D eigenvalue weighted by Gasteiger charge is -2.37. The minimum atomic E-state index is -1.29. The average Bonchev–Trinajstić information content (AvgIpc) is 3.40. The molecule has 4 atom stereocenters. The zero-order valence-corrected chi connectivity index (χ0v) is 25.5. The molecule has 1 fully saturated rings. The number of hydrogen-bond donors (Lipinski definition) is 2. The highest BCUT2D eigenvalue weighted by molar-refractivity contribution is 5.49. The third kappa shape index (κ3) is 6.82. The predicted molar refractivity (Wildman–Crippen MR) is 166 cm³/mol. The smallest absolute Gasteiger partial charge is 0.330 e. The first-order chi connectivity index (χ1) is 22.4. The molecule has 0 amide bonds. The molecule has 242 valence electrons. The SMILES string of the molecule is COC=NOCO[C@@H]1[C@H](O)[C@@H](COC(c2ccccc2)(c2ccc(OC)cc2)c2ccc(OC)cc2)O[C@H]1n1ccc(=O)[nH]c1=O. The van der Waals surface area contributed by atoms with E-state index in [4.69, 9.17) is 33.3 Å². The Hall–Kier alpha value is -4.95. The number of aliphatic hydroxyl groups is 1. The van der Waals surface area contributed by atoms with E-state index in [0.29, 0.717) is 11.5 Å². The molecule has 0 bridgehead atoms. The Kier molecular flexibility index (Phi) is 10.5. The van der Waals surface area contributed by atoms with Gasteiger partial charge in [0.2, 0.25) is 13.2 Å². The number of benzene rings is 3. The van der Waals surface area contributed by atoms with Gasteiger partial charge in [-0.2, -0.15) is 0 Å². The van der Waals surface area contributed by atoms with Gasteiger partial charge in [-0.3, -0.25) is 14.3 Å². The quantitative estimate of drug-likeness (QED) is 0.0530. The van der Waals surface area contributed by atoms with Gasteiger partial charge in [0, 0.05) is 12.3 Å². The summed E-state index contributed by atoms with van der Waals surface area (Å²) in [6.07, 6.45) is -2.20. The normalized spacial score (nSPS) is 19.7. The Labute approximate surface area is 264 Å². The minimum Gasteiger partial charge on any atom is -0.497 e. The first kappa shape index (κ1) is 32.4. The van der Waals surface area contributed by atoms with E-state index in [1.54, 1.807) is 14.2 Å². The fourth-order valence-corrected chi connectivity index (χ4v) is 5.38. The molecule has 13 nitrogen and oxygen atoms in total. The molecule has 0 spiro atoms. The van der Waals surface area contributed by atoms with Crippen LogP contribution < -0.4 is 20.7 Å². The molecule has 13 heteroatoms. The molecule has 1 saturated heterocycles. The fourth-order valence-electron chi connectivity index (χ4n) is 5.38. The van der Waals surface area contributed by atoms with E-state index >= 15 is 0 Å². The van der Waals surface area contributed by atoms with Gasteiger partial charge in [0.15, 0.2) is 6.23 Å². The molecular formula is C33H35N3O10. The van der Waals surface area contributed by atoms with Crippen LogP contribution in [0.3, 0.4) is 0 Å². The van der Waals surface area contributed by atoms with Crippen molar-refractivity contribution in [1.29, 1.82) is 0 Å². The van der Waals surface area contributed by atoms with Gasteiger partial charge in [-0.25, -0.2) is 4.79 Å². The summed E-state index contributed by atoms with van der Waals surface area (Å²) in [5.41, 5.74) is -0.146.